The lowest BCUT2D eigenvalue weighted by molar-refractivity contribution is 0.473. The van der Waals surface area contributed by atoms with Gasteiger partial charge in [-0.2, -0.15) is 0 Å². The van der Waals surface area contributed by atoms with E-state index in [2.05, 4.69) is 9.71 Å². The molecule has 5 nitrogen and oxygen atoms in total. The molecule has 0 spiro atoms. The van der Waals surface area contributed by atoms with Gasteiger partial charge in [-0.05, 0) is 0 Å². The molecule has 1 rings (SSSR count). The van der Waals surface area contributed by atoms with Crippen LogP contribution in [0.1, 0.15) is 0 Å². The van der Waals surface area contributed by atoms with Gasteiger partial charge >= 0.3 is 0 Å². The van der Waals surface area contributed by atoms with Crippen LogP contribution in [0.15, 0.2) is 18.5 Å². The summed E-state index contributed by atoms with van der Waals surface area (Å²) in [7, 11) is -3.30. The van der Waals surface area contributed by atoms with E-state index in [1.165, 1.54) is 18.5 Å². The minimum Gasteiger partial charge on any atom is -0.506 e. The molecule has 0 aromatic carbocycles. The van der Waals surface area contributed by atoms with Gasteiger partial charge < -0.3 is 5.11 Å². The molecule has 1 aromatic rings. The summed E-state index contributed by atoms with van der Waals surface area (Å²) >= 11 is 0. The van der Waals surface area contributed by atoms with Crippen LogP contribution in [0.2, 0.25) is 0 Å². The summed E-state index contributed by atoms with van der Waals surface area (Å²) in [6, 6.07) is 1.27. The third kappa shape index (κ3) is 2.75. The van der Waals surface area contributed by atoms with Crippen molar-refractivity contribution in [2.75, 3.05) is 11.0 Å². The first-order valence-corrected chi connectivity index (χ1v) is 4.98. The van der Waals surface area contributed by atoms with Gasteiger partial charge in [-0.1, -0.05) is 0 Å². The molecule has 12 heavy (non-hydrogen) atoms. The Bertz CT molecular complexity index is 374. The summed E-state index contributed by atoms with van der Waals surface area (Å²) in [5.74, 6) is -0.0800. The van der Waals surface area contributed by atoms with Crippen molar-refractivity contribution in [1.82, 2.24) is 4.98 Å². The van der Waals surface area contributed by atoms with Gasteiger partial charge in [-0.3, -0.25) is 9.71 Å². The predicted molar refractivity (Wildman–Crippen MR) is 44.4 cm³/mol. The summed E-state index contributed by atoms with van der Waals surface area (Å²) in [5.41, 5.74) is 0.248. The maximum Gasteiger partial charge on any atom is 0.229 e. The van der Waals surface area contributed by atoms with Crippen LogP contribution in [0.5, 0.6) is 5.75 Å². The SMILES string of the molecule is CS(=O)(=O)Nc1cncc(O)c1. The predicted octanol–water partition coefficient (Wildman–Crippen LogP) is 0.159. The second-order valence-electron chi connectivity index (χ2n) is 2.31. The summed E-state index contributed by atoms with van der Waals surface area (Å²) in [6.45, 7) is 0. The number of anilines is 1. The van der Waals surface area contributed by atoms with E-state index >= 15 is 0 Å². The quantitative estimate of drug-likeness (QED) is 0.692. The van der Waals surface area contributed by atoms with E-state index < -0.39 is 10.0 Å². The van der Waals surface area contributed by atoms with Crippen molar-refractivity contribution in [3.05, 3.63) is 18.5 Å². The zero-order chi connectivity index (χ0) is 9.19. The van der Waals surface area contributed by atoms with Crippen LogP contribution < -0.4 is 4.72 Å². The molecule has 0 atom stereocenters. The molecule has 0 fully saturated rings. The summed E-state index contributed by atoms with van der Waals surface area (Å²) in [4.78, 5) is 3.59. The molecular formula is C6H8N2O3S. The van der Waals surface area contributed by atoms with Crippen LogP contribution in [0, 0.1) is 0 Å². The Kier molecular flexibility index (Phi) is 2.18. The lowest BCUT2D eigenvalue weighted by atomic mass is 10.4. The first-order chi connectivity index (χ1) is 5.47. The topological polar surface area (TPSA) is 79.3 Å². The third-order valence-electron chi connectivity index (χ3n) is 1.03. The van der Waals surface area contributed by atoms with Crippen molar-refractivity contribution in [3.63, 3.8) is 0 Å². The Morgan fingerprint density at radius 2 is 2.17 bits per heavy atom. The molecule has 0 radical (unpaired) electrons. The Hall–Kier alpha value is -1.30. The summed E-state index contributed by atoms with van der Waals surface area (Å²) in [6.07, 6.45) is 3.55. The Balaban J connectivity index is 2.91. The van der Waals surface area contributed by atoms with Gasteiger partial charge in [0, 0.05) is 6.07 Å². The number of hydrogen-bond donors (Lipinski definition) is 2. The van der Waals surface area contributed by atoms with Crippen molar-refractivity contribution >= 4 is 15.7 Å². The van der Waals surface area contributed by atoms with Crippen LogP contribution in [-0.4, -0.2) is 24.8 Å². The van der Waals surface area contributed by atoms with Crippen molar-refractivity contribution in [3.8, 4) is 5.75 Å². The van der Waals surface area contributed by atoms with Gasteiger partial charge in [0.2, 0.25) is 10.0 Å². The number of pyridine rings is 1. The number of aromatic nitrogens is 1. The molecule has 66 valence electrons. The highest BCUT2D eigenvalue weighted by atomic mass is 32.2. The van der Waals surface area contributed by atoms with Crippen molar-refractivity contribution < 1.29 is 13.5 Å². The van der Waals surface area contributed by atoms with Crippen LogP contribution in [0.4, 0.5) is 5.69 Å². The Morgan fingerprint density at radius 3 is 2.67 bits per heavy atom. The minimum absolute atomic E-state index is 0.0800. The van der Waals surface area contributed by atoms with Crippen molar-refractivity contribution in [2.45, 2.75) is 0 Å². The first-order valence-electron chi connectivity index (χ1n) is 3.09. The molecule has 0 bridgehead atoms. The smallest absolute Gasteiger partial charge is 0.229 e. The number of rotatable bonds is 2. The average Bonchev–Trinajstić information content (AvgIpc) is 1.82. The fourth-order valence-electron chi connectivity index (χ4n) is 0.698. The number of nitrogens with zero attached hydrogens (tertiary/aromatic N) is 1. The van der Waals surface area contributed by atoms with Gasteiger partial charge in [0.05, 0.1) is 24.3 Å². The zero-order valence-corrected chi connectivity index (χ0v) is 7.17. The summed E-state index contributed by atoms with van der Waals surface area (Å²) < 4.78 is 23.6. The van der Waals surface area contributed by atoms with Gasteiger partial charge in [-0.25, -0.2) is 8.42 Å². The highest BCUT2D eigenvalue weighted by Gasteiger charge is 2.01. The molecule has 0 saturated heterocycles. The lowest BCUT2D eigenvalue weighted by Crippen LogP contribution is -2.09. The number of sulfonamides is 1. The van der Waals surface area contributed by atoms with E-state index in [0.29, 0.717) is 0 Å². The molecule has 6 heteroatoms. The molecule has 0 aliphatic heterocycles. The number of nitrogens with one attached hydrogen (secondary N) is 1. The fourth-order valence-corrected chi connectivity index (χ4v) is 1.24. The second-order valence-corrected chi connectivity index (χ2v) is 4.05. The minimum atomic E-state index is -3.30. The van der Waals surface area contributed by atoms with E-state index in [4.69, 9.17) is 5.11 Å². The van der Waals surface area contributed by atoms with Crippen molar-refractivity contribution in [2.24, 2.45) is 0 Å². The summed E-state index contributed by atoms with van der Waals surface area (Å²) in [5, 5.41) is 8.91. The molecule has 1 heterocycles. The number of aromatic hydroxyl groups is 1. The monoisotopic (exact) mass is 188 g/mol. The molecular weight excluding hydrogens is 180 g/mol. The second kappa shape index (κ2) is 2.98. The van der Waals surface area contributed by atoms with Gasteiger partial charge in [0.1, 0.15) is 5.75 Å². The molecule has 1 aromatic heterocycles. The van der Waals surface area contributed by atoms with E-state index in [1.807, 2.05) is 0 Å². The van der Waals surface area contributed by atoms with Gasteiger partial charge in [-0.15, -0.1) is 0 Å². The third-order valence-corrected chi connectivity index (χ3v) is 1.63. The molecule has 0 aliphatic carbocycles. The maximum absolute atomic E-state index is 10.7. The molecule has 0 amide bonds. The van der Waals surface area contributed by atoms with E-state index in [0.717, 1.165) is 6.26 Å². The van der Waals surface area contributed by atoms with E-state index in [9.17, 15) is 8.42 Å². The van der Waals surface area contributed by atoms with E-state index in [-0.39, 0.29) is 11.4 Å². The first kappa shape index (κ1) is 8.79. The van der Waals surface area contributed by atoms with E-state index in [1.54, 1.807) is 0 Å². The van der Waals surface area contributed by atoms with Crippen LogP contribution in [-0.2, 0) is 10.0 Å². The van der Waals surface area contributed by atoms with Crippen LogP contribution in [0.3, 0.4) is 0 Å². The average molecular weight is 188 g/mol. The van der Waals surface area contributed by atoms with Crippen LogP contribution >= 0.6 is 0 Å². The molecule has 0 saturated carbocycles. The normalized spacial score (nSPS) is 11.1. The molecule has 0 unspecified atom stereocenters. The van der Waals surface area contributed by atoms with Crippen LogP contribution in [0.25, 0.3) is 0 Å². The molecule has 0 aliphatic rings. The lowest BCUT2D eigenvalue weighted by Gasteiger charge is -2.01. The zero-order valence-electron chi connectivity index (χ0n) is 6.35. The fraction of sp³-hybridized carbons (Fsp3) is 0.167. The Labute approximate surface area is 70.1 Å². The van der Waals surface area contributed by atoms with Gasteiger partial charge in [0.15, 0.2) is 0 Å². The largest absolute Gasteiger partial charge is 0.506 e. The highest BCUT2D eigenvalue weighted by molar-refractivity contribution is 7.92. The number of hydrogen-bond acceptors (Lipinski definition) is 4. The maximum atomic E-state index is 10.7. The van der Waals surface area contributed by atoms with Gasteiger partial charge in [0.25, 0.3) is 0 Å². The Morgan fingerprint density at radius 1 is 1.50 bits per heavy atom. The van der Waals surface area contributed by atoms with Crippen molar-refractivity contribution in [1.29, 1.82) is 0 Å². The highest BCUT2D eigenvalue weighted by Crippen LogP contribution is 2.13. The molecule has 2 N–H and O–H groups in total. The standard InChI is InChI=1S/C6H8N2O3S/c1-12(10,11)8-5-2-6(9)4-7-3-5/h2-4,8-9H,1H3.